The van der Waals surface area contributed by atoms with Crippen LogP contribution in [-0.2, 0) is 5.41 Å². The topological polar surface area (TPSA) is 82.3 Å². The third-order valence-electron chi connectivity index (χ3n) is 4.07. The zero-order chi connectivity index (χ0) is 19.1. The molecule has 0 saturated heterocycles. The van der Waals surface area contributed by atoms with Crippen molar-refractivity contribution in [3.05, 3.63) is 28.5 Å². The zero-order valence-corrected chi connectivity index (χ0v) is 17.6. The van der Waals surface area contributed by atoms with E-state index in [2.05, 4.69) is 42.1 Å². The molecule has 0 bridgehead atoms. The predicted octanol–water partition coefficient (Wildman–Crippen LogP) is 3.64. The van der Waals surface area contributed by atoms with Crippen LogP contribution in [0.3, 0.4) is 0 Å². The van der Waals surface area contributed by atoms with Crippen LogP contribution >= 0.6 is 0 Å². The molecule has 1 aromatic carbocycles. The molecule has 0 aliphatic rings. The van der Waals surface area contributed by atoms with Crippen LogP contribution in [0.25, 0.3) is 10.9 Å². The van der Waals surface area contributed by atoms with E-state index in [1.54, 1.807) is 14.2 Å². The van der Waals surface area contributed by atoms with Gasteiger partial charge in [-0.3, -0.25) is 0 Å². The van der Waals surface area contributed by atoms with Crippen molar-refractivity contribution in [2.24, 2.45) is 0 Å². The monoisotopic (exact) mass is 420 g/mol. The number of hydrogen-bond donors (Lipinski definition) is 2. The van der Waals surface area contributed by atoms with E-state index in [4.69, 9.17) is 15.2 Å². The van der Waals surface area contributed by atoms with Gasteiger partial charge in [-0.2, -0.15) is 0 Å². The summed E-state index contributed by atoms with van der Waals surface area (Å²) in [7, 11) is 3.23. The number of hydrogen-bond acceptors (Lipinski definition) is 6. The number of nitrogens with one attached hydrogen (secondary N) is 1. The van der Waals surface area contributed by atoms with Gasteiger partial charge in [-0.15, -0.1) is 0 Å². The second kappa shape index (κ2) is 6.82. The van der Waals surface area contributed by atoms with Crippen LogP contribution in [0.1, 0.15) is 31.0 Å². The summed E-state index contributed by atoms with van der Waals surface area (Å²) in [4.78, 5) is 9.11. The van der Waals surface area contributed by atoms with Gasteiger partial charge in [-0.1, -0.05) is 0 Å². The van der Waals surface area contributed by atoms with Gasteiger partial charge in [-0.25, -0.2) is 0 Å². The molecule has 0 amide bonds. The predicted molar refractivity (Wildman–Crippen MR) is 107 cm³/mol. The molecule has 0 spiro atoms. The third kappa shape index (κ3) is 3.50. The standard InChI is InChI=1S/C19H24N4O2Se/c1-10-21-12-8-15(25-6)14(24-5)7-11(12)18(22-10)23-13-9-16(19(2,3)4)26-17(13)20/h7-9H,20H2,1-6H3,(H,21,22,23). The van der Waals surface area contributed by atoms with Gasteiger partial charge < -0.3 is 0 Å². The molecule has 3 N–H and O–H groups in total. The second-order valence-electron chi connectivity index (χ2n) is 7.11. The van der Waals surface area contributed by atoms with Crippen LogP contribution in [0.5, 0.6) is 11.5 Å². The molecular weight excluding hydrogens is 395 g/mol. The summed E-state index contributed by atoms with van der Waals surface area (Å²) in [5, 5.41) is 4.27. The molecule has 2 aromatic heterocycles. The summed E-state index contributed by atoms with van der Waals surface area (Å²) in [6.45, 7) is 8.49. The number of nitrogens with zero attached hydrogens (tertiary/aromatic N) is 2. The molecule has 0 aliphatic heterocycles. The number of rotatable bonds is 4. The van der Waals surface area contributed by atoms with Crippen molar-refractivity contribution in [3.63, 3.8) is 0 Å². The first kappa shape index (κ1) is 18.5. The second-order valence-corrected chi connectivity index (χ2v) is 9.38. The van der Waals surface area contributed by atoms with E-state index in [1.165, 1.54) is 4.44 Å². The Kier molecular flexibility index (Phi) is 4.86. The normalized spacial score (nSPS) is 11.6. The Hall–Kier alpha value is -2.24. The Labute approximate surface area is 159 Å². The van der Waals surface area contributed by atoms with Gasteiger partial charge >= 0.3 is 159 Å². The summed E-state index contributed by atoms with van der Waals surface area (Å²) >= 11 is 0.152. The molecule has 0 aliphatic carbocycles. The number of ether oxygens (including phenoxy) is 2. The van der Waals surface area contributed by atoms with E-state index in [0.29, 0.717) is 23.1 Å². The van der Waals surface area contributed by atoms with Crippen molar-refractivity contribution in [2.45, 2.75) is 33.1 Å². The van der Waals surface area contributed by atoms with Gasteiger partial charge in [0.05, 0.1) is 0 Å². The van der Waals surface area contributed by atoms with Gasteiger partial charge in [0.25, 0.3) is 0 Å². The number of nitrogens with two attached hydrogens (primary N) is 1. The molecule has 0 fully saturated rings. The molecule has 26 heavy (non-hydrogen) atoms. The fourth-order valence-electron chi connectivity index (χ4n) is 2.67. The first-order valence-electron chi connectivity index (χ1n) is 8.30. The fourth-order valence-corrected chi connectivity index (χ4v) is 4.64. The van der Waals surface area contributed by atoms with E-state index in [1.807, 2.05) is 19.1 Å². The van der Waals surface area contributed by atoms with Gasteiger partial charge in [-0.05, 0) is 0 Å². The Bertz CT molecular complexity index is 960. The molecular formula is C19H24N4O2Se. The van der Waals surface area contributed by atoms with E-state index in [-0.39, 0.29) is 19.9 Å². The molecule has 138 valence electrons. The van der Waals surface area contributed by atoms with Crippen molar-refractivity contribution in [2.75, 3.05) is 25.3 Å². The van der Waals surface area contributed by atoms with Crippen LogP contribution in [0, 0.1) is 6.92 Å². The summed E-state index contributed by atoms with van der Waals surface area (Å²) in [6, 6.07) is 5.90. The summed E-state index contributed by atoms with van der Waals surface area (Å²) in [5.74, 6) is 2.67. The van der Waals surface area contributed by atoms with E-state index >= 15 is 0 Å². The molecule has 7 heteroatoms. The van der Waals surface area contributed by atoms with Crippen LogP contribution in [-0.4, -0.2) is 38.7 Å². The van der Waals surface area contributed by atoms with Gasteiger partial charge in [0.1, 0.15) is 0 Å². The molecule has 0 radical (unpaired) electrons. The quantitative estimate of drug-likeness (QED) is 0.629. The number of methoxy groups -OCH3 is 2. The van der Waals surface area contributed by atoms with Crippen LogP contribution in [0.4, 0.5) is 16.1 Å². The maximum atomic E-state index is 6.30. The van der Waals surface area contributed by atoms with Crippen molar-refractivity contribution >= 4 is 41.5 Å². The van der Waals surface area contributed by atoms with Crippen LogP contribution < -0.4 is 20.5 Å². The van der Waals surface area contributed by atoms with Crippen LogP contribution in [0.15, 0.2) is 18.2 Å². The zero-order valence-electron chi connectivity index (χ0n) is 15.9. The SMILES string of the molecule is COc1cc2nc(C)nc(Nc3cc(C(C)(C)C)[se]c3N)c2cc1OC. The van der Waals surface area contributed by atoms with Gasteiger partial charge in [0.15, 0.2) is 0 Å². The number of aryl methyl sites for hydroxylation is 1. The molecule has 0 unspecified atom stereocenters. The van der Waals surface area contributed by atoms with E-state index < -0.39 is 0 Å². The van der Waals surface area contributed by atoms with Crippen molar-refractivity contribution in [1.82, 2.24) is 9.97 Å². The first-order valence-corrected chi connectivity index (χ1v) is 10.0. The van der Waals surface area contributed by atoms with Crippen molar-refractivity contribution < 1.29 is 9.47 Å². The molecule has 3 aromatic rings. The number of aromatic nitrogens is 2. The minimum atomic E-state index is 0.105. The number of fused-ring (bicyclic) bond motifs is 1. The Morgan fingerprint density at radius 2 is 1.69 bits per heavy atom. The molecule has 2 heterocycles. The number of benzene rings is 1. The Balaban J connectivity index is 2.12. The molecule has 0 saturated carbocycles. The van der Waals surface area contributed by atoms with Crippen LogP contribution in [0.2, 0.25) is 0 Å². The number of nitrogen functional groups attached to an aromatic ring is 1. The van der Waals surface area contributed by atoms with E-state index in [0.717, 1.165) is 21.2 Å². The Morgan fingerprint density at radius 1 is 1.04 bits per heavy atom. The fraction of sp³-hybridized carbons (Fsp3) is 0.368. The Morgan fingerprint density at radius 3 is 2.27 bits per heavy atom. The van der Waals surface area contributed by atoms with E-state index in [9.17, 15) is 0 Å². The van der Waals surface area contributed by atoms with Gasteiger partial charge in [0.2, 0.25) is 0 Å². The number of anilines is 3. The first-order chi connectivity index (χ1) is 12.2. The third-order valence-corrected chi connectivity index (χ3v) is 6.98. The average molecular weight is 419 g/mol. The summed E-state index contributed by atoms with van der Waals surface area (Å²) < 4.78 is 13.1. The van der Waals surface area contributed by atoms with Gasteiger partial charge in [0, 0.05) is 0 Å². The summed E-state index contributed by atoms with van der Waals surface area (Å²) in [6.07, 6.45) is 0. The molecule has 6 nitrogen and oxygen atoms in total. The maximum absolute atomic E-state index is 6.30. The molecule has 3 rings (SSSR count). The minimum absolute atomic E-state index is 0.105. The van der Waals surface area contributed by atoms with Crippen molar-refractivity contribution in [3.8, 4) is 11.5 Å². The summed E-state index contributed by atoms with van der Waals surface area (Å²) in [5.41, 5.74) is 8.12. The molecule has 0 atom stereocenters. The van der Waals surface area contributed by atoms with Crippen molar-refractivity contribution in [1.29, 1.82) is 0 Å². The average Bonchev–Trinajstić information content (AvgIpc) is 2.94.